The van der Waals surface area contributed by atoms with E-state index >= 15 is 0 Å². The fraction of sp³-hybridized carbons (Fsp3) is 0.484. The van der Waals surface area contributed by atoms with Crippen molar-refractivity contribution in [3.05, 3.63) is 70.0 Å². The number of benzene rings is 2. The first kappa shape index (κ1) is 34.7. The second kappa shape index (κ2) is 12.2. The van der Waals surface area contributed by atoms with Crippen LogP contribution in [0, 0.1) is 18.7 Å². The third-order valence-electron chi connectivity index (χ3n) is 8.55. The van der Waals surface area contributed by atoms with Gasteiger partial charge in [-0.05, 0) is 81.1 Å². The molecule has 2 fully saturated rings. The van der Waals surface area contributed by atoms with Crippen LogP contribution in [-0.4, -0.2) is 70.8 Å². The molecule has 2 saturated heterocycles. The van der Waals surface area contributed by atoms with Gasteiger partial charge in [-0.3, -0.25) is 14.4 Å². The summed E-state index contributed by atoms with van der Waals surface area (Å²) in [5, 5.41) is 0. The maximum absolute atomic E-state index is 14.0. The number of carbonyl (C=O) groups excluding carboxylic acids is 4. The highest BCUT2D eigenvalue weighted by atomic mass is 19.4. The lowest BCUT2D eigenvalue weighted by Gasteiger charge is -2.41. The minimum Gasteiger partial charge on any atom is -0.433 e. The van der Waals surface area contributed by atoms with Crippen molar-refractivity contribution in [3.63, 3.8) is 0 Å². The third-order valence-corrected chi connectivity index (χ3v) is 8.55. The van der Waals surface area contributed by atoms with Crippen molar-refractivity contribution in [2.45, 2.75) is 64.0 Å². The van der Waals surface area contributed by atoms with Crippen molar-refractivity contribution in [1.82, 2.24) is 14.7 Å². The number of halogens is 7. The van der Waals surface area contributed by atoms with Gasteiger partial charge in [0.15, 0.2) is 5.60 Å². The van der Waals surface area contributed by atoms with E-state index in [4.69, 9.17) is 4.74 Å². The first-order valence-corrected chi connectivity index (χ1v) is 14.3. The Morgan fingerprint density at radius 1 is 1.02 bits per heavy atom. The highest BCUT2D eigenvalue weighted by Crippen LogP contribution is 2.40. The molecule has 15 heteroatoms. The lowest BCUT2D eigenvalue weighted by molar-refractivity contribution is -0.144. The molecular weight excluding hydrogens is 627 g/mol. The van der Waals surface area contributed by atoms with E-state index < -0.39 is 83.1 Å². The van der Waals surface area contributed by atoms with Crippen molar-refractivity contribution in [2.24, 2.45) is 5.92 Å². The van der Waals surface area contributed by atoms with E-state index in [1.807, 2.05) is 0 Å². The molecule has 2 heterocycles. The van der Waals surface area contributed by atoms with Gasteiger partial charge in [0.1, 0.15) is 12.4 Å². The first-order chi connectivity index (χ1) is 21.1. The number of hydrogen-bond acceptors (Lipinski definition) is 5. The zero-order valence-electron chi connectivity index (χ0n) is 25.6. The Balaban J connectivity index is 1.63. The maximum atomic E-state index is 14.0. The van der Waals surface area contributed by atoms with Crippen LogP contribution in [0.2, 0.25) is 0 Å². The largest absolute Gasteiger partial charge is 0.433 e. The summed E-state index contributed by atoms with van der Waals surface area (Å²) in [6.07, 6.45) is -11.1. The van der Waals surface area contributed by atoms with Crippen LogP contribution in [0.25, 0.3) is 0 Å². The highest BCUT2D eigenvalue weighted by molar-refractivity contribution is 6.04. The Labute approximate surface area is 260 Å². The smallest absolute Gasteiger partial charge is 0.418 e. The molecule has 0 radical (unpaired) electrons. The summed E-state index contributed by atoms with van der Waals surface area (Å²) in [6.45, 7) is 4.91. The molecule has 2 aromatic rings. The van der Waals surface area contributed by atoms with Crippen LogP contribution in [0.3, 0.4) is 0 Å². The molecule has 3 atom stereocenters. The van der Waals surface area contributed by atoms with Crippen LogP contribution < -0.4 is 0 Å². The number of likely N-dealkylation sites (tertiary alicyclic amines) is 1. The fourth-order valence-electron chi connectivity index (χ4n) is 5.84. The molecule has 0 aliphatic carbocycles. The number of rotatable bonds is 6. The van der Waals surface area contributed by atoms with Crippen LogP contribution in [0.5, 0.6) is 0 Å². The average Bonchev–Trinajstić information content (AvgIpc) is 3.15. The Bertz CT molecular complexity index is 1520. The Morgan fingerprint density at radius 3 is 2.11 bits per heavy atom. The lowest BCUT2D eigenvalue weighted by Crippen LogP contribution is -2.51. The van der Waals surface area contributed by atoms with E-state index in [1.54, 1.807) is 6.92 Å². The standard InChI is InChI=1S/C31H32F7N3O5/c1-16-10-21(32)6-7-22(16)24-14-40(25(42)15-41-27(44)29(3,4)46-28(41)45)9-8-23(24)26(43)39(5)17(2)18-11-19(30(33,34)35)13-20(12-18)31(36,37)38/h6-7,10-13,17,23-24H,8-9,14-15H2,1-5H3/t17-,23?,24?/m1/s1. The normalized spacial score (nSPS) is 20.9. The number of alkyl halides is 6. The summed E-state index contributed by atoms with van der Waals surface area (Å²) < 4.78 is 100. The van der Waals surface area contributed by atoms with Gasteiger partial charge >= 0.3 is 18.4 Å². The molecule has 2 unspecified atom stereocenters. The van der Waals surface area contributed by atoms with Crippen molar-refractivity contribution in [1.29, 1.82) is 0 Å². The van der Waals surface area contributed by atoms with Crippen LogP contribution in [0.15, 0.2) is 36.4 Å². The Kier molecular flexibility index (Phi) is 9.21. The van der Waals surface area contributed by atoms with Gasteiger partial charge in [-0.15, -0.1) is 0 Å². The van der Waals surface area contributed by atoms with Gasteiger partial charge in [0.2, 0.25) is 11.8 Å². The maximum Gasteiger partial charge on any atom is 0.418 e. The van der Waals surface area contributed by atoms with E-state index in [9.17, 15) is 49.9 Å². The van der Waals surface area contributed by atoms with Crippen LogP contribution in [-0.2, 0) is 31.5 Å². The second-order valence-electron chi connectivity index (χ2n) is 12.1. The summed E-state index contributed by atoms with van der Waals surface area (Å²) in [7, 11) is 1.26. The van der Waals surface area contributed by atoms with Crippen LogP contribution >= 0.6 is 0 Å². The minimum absolute atomic E-state index is 0.00844. The molecule has 2 aliphatic heterocycles. The number of imide groups is 1. The number of piperidine rings is 1. The van der Waals surface area contributed by atoms with Gasteiger partial charge in [-0.1, -0.05) is 6.07 Å². The van der Waals surface area contributed by atoms with E-state index in [2.05, 4.69) is 0 Å². The number of cyclic esters (lactones) is 1. The Hall–Kier alpha value is -4.17. The number of carbonyl (C=O) groups is 4. The highest BCUT2D eigenvalue weighted by Gasteiger charge is 2.49. The van der Waals surface area contributed by atoms with E-state index in [1.165, 1.54) is 50.9 Å². The van der Waals surface area contributed by atoms with Crippen molar-refractivity contribution < 1.29 is 54.6 Å². The second-order valence-corrected chi connectivity index (χ2v) is 12.1. The first-order valence-electron chi connectivity index (χ1n) is 14.3. The summed E-state index contributed by atoms with van der Waals surface area (Å²) in [6, 6.07) is 3.76. The quantitative estimate of drug-likeness (QED) is 0.351. The molecule has 2 aromatic carbocycles. The van der Waals surface area contributed by atoms with Gasteiger partial charge in [0, 0.05) is 32.0 Å². The lowest BCUT2D eigenvalue weighted by atomic mass is 9.78. The number of amides is 4. The summed E-state index contributed by atoms with van der Waals surface area (Å²) in [5.74, 6) is -4.18. The Morgan fingerprint density at radius 2 is 1.61 bits per heavy atom. The zero-order chi connectivity index (χ0) is 34.5. The fourth-order valence-corrected chi connectivity index (χ4v) is 5.84. The molecule has 0 saturated carbocycles. The molecule has 0 spiro atoms. The number of aryl methyl sites for hydroxylation is 1. The topological polar surface area (TPSA) is 87.2 Å². The van der Waals surface area contributed by atoms with Crippen molar-refractivity contribution in [2.75, 3.05) is 26.7 Å². The average molecular weight is 660 g/mol. The number of hydrogen-bond donors (Lipinski definition) is 0. The number of nitrogens with zero attached hydrogens (tertiary/aromatic N) is 3. The molecule has 0 aromatic heterocycles. The van der Waals surface area contributed by atoms with E-state index in [0.29, 0.717) is 28.2 Å². The molecule has 2 aliphatic rings. The van der Waals surface area contributed by atoms with Gasteiger partial charge in [-0.2, -0.15) is 26.3 Å². The molecule has 8 nitrogen and oxygen atoms in total. The van der Waals surface area contributed by atoms with E-state index in [0.717, 1.165) is 4.90 Å². The van der Waals surface area contributed by atoms with E-state index in [-0.39, 0.29) is 31.1 Å². The van der Waals surface area contributed by atoms with Gasteiger partial charge < -0.3 is 14.5 Å². The van der Waals surface area contributed by atoms with Gasteiger partial charge in [0.25, 0.3) is 5.91 Å². The predicted molar refractivity (Wildman–Crippen MR) is 148 cm³/mol. The minimum atomic E-state index is -5.07. The van der Waals surface area contributed by atoms with Crippen LogP contribution in [0.1, 0.15) is 67.0 Å². The monoisotopic (exact) mass is 659 g/mol. The molecule has 4 amide bonds. The molecule has 250 valence electrons. The van der Waals surface area contributed by atoms with Gasteiger partial charge in [-0.25, -0.2) is 14.1 Å². The van der Waals surface area contributed by atoms with Crippen molar-refractivity contribution >= 4 is 23.8 Å². The molecule has 0 bridgehead atoms. The molecule has 46 heavy (non-hydrogen) atoms. The summed E-state index contributed by atoms with van der Waals surface area (Å²) in [4.78, 5) is 55.1. The van der Waals surface area contributed by atoms with Crippen molar-refractivity contribution in [3.8, 4) is 0 Å². The third kappa shape index (κ3) is 6.97. The molecular formula is C31H32F7N3O5. The zero-order valence-corrected chi connectivity index (χ0v) is 25.6. The SMILES string of the molecule is Cc1cc(F)ccc1C1CN(C(=O)CN2C(=O)OC(C)(C)C2=O)CCC1C(=O)N(C)[C@H](C)c1cc(C(F)(F)F)cc(C(F)(F)F)c1. The van der Waals surface area contributed by atoms with Gasteiger partial charge in [0.05, 0.1) is 17.2 Å². The molecule has 0 N–H and O–H groups in total. The number of ether oxygens (including phenoxy) is 1. The molecule has 4 rings (SSSR count). The summed E-state index contributed by atoms with van der Waals surface area (Å²) >= 11 is 0. The summed E-state index contributed by atoms with van der Waals surface area (Å²) in [5.41, 5.74) is -3.92. The van der Waals surface area contributed by atoms with Crippen LogP contribution in [0.4, 0.5) is 35.5 Å². The predicted octanol–water partition coefficient (Wildman–Crippen LogP) is 6.08.